The lowest BCUT2D eigenvalue weighted by molar-refractivity contribution is 0.0532. The molecule has 3 heteroatoms. The SMILES string of the molecule is OC[C@H](O)COc1ccccc1C1CCCC1. The van der Waals surface area contributed by atoms with Gasteiger partial charge in [-0.25, -0.2) is 0 Å². The summed E-state index contributed by atoms with van der Waals surface area (Å²) in [5, 5.41) is 18.1. The fourth-order valence-corrected chi connectivity index (χ4v) is 2.42. The Bertz CT molecular complexity index is 345. The second-order valence-electron chi connectivity index (χ2n) is 4.67. The van der Waals surface area contributed by atoms with Crippen molar-refractivity contribution in [2.75, 3.05) is 13.2 Å². The van der Waals surface area contributed by atoms with Crippen LogP contribution in [0.3, 0.4) is 0 Å². The Morgan fingerprint density at radius 1 is 1.24 bits per heavy atom. The second kappa shape index (κ2) is 6.03. The Kier molecular flexibility index (Phi) is 4.40. The summed E-state index contributed by atoms with van der Waals surface area (Å²) in [4.78, 5) is 0. The molecule has 1 aromatic rings. The lowest BCUT2D eigenvalue weighted by Crippen LogP contribution is -2.21. The molecule has 1 fully saturated rings. The molecule has 0 amide bonds. The van der Waals surface area contributed by atoms with Gasteiger partial charge in [0.2, 0.25) is 0 Å². The van der Waals surface area contributed by atoms with Gasteiger partial charge in [0, 0.05) is 0 Å². The maximum absolute atomic E-state index is 9.30. The van der Waals surface area contributed by atoms with Crippen LogP contribution in [-0.4, -0.2) is 29.5 Å². The summed E-state index contributed by atoms with van der Waals surface area (Å²) in [5.74, 6) is 1.45. The largest absolute Gasteiger partial charge is 0.491 e. The molecule has 0 heterocycles. The van der Waals surface area contributed by atoms with Crippen LogP contribution < -0.4 is 4.74 Å². The van der Waals surface area contributed by atoms with E-state index < -0.39 is 6.10 Å². The van der Waals surface area contributed by atoms with E-state index in [1.165, 1.54) is 31.2 Å². The number of ether oxygens (including phenoxy) is 1. The van der Waals surface area contributed by atoms with Gasteiger partial charge in [0.25, 0.3) is 0 Å². The lowest BCUT2D eigenvalue weighted by Gasteiger charge is -2.17. The Hall–Kier alpha value is -1.06. The third kappa shape index (κ3) is 3.20. The van der Waals surface area contributed by atoms with Crippen molar-refractivity contribution in [3.8, 4) is 5.75 Å². The molecule has 1 aliphatic rings. The molecule has 0 spiro atoms. The first-order valence-corrected chi connectivity index (χ1v) is 6.32. The van der Waals surface area contributed by atoms with Crippen molar-refractivity contribution in [1.82, 2.24) is 0 Å². The van der Waals surface area contributed by atoms with Crippen molar-refractivity contribution in [2.45, 2.75) is 37.7 Å². The van der Waals surface area contributed by atoms with E-state index in [1.54, 1.807) is 0 Å². The van der Waals surface area contributed by atoms with Gasteiger partial charge in [-0.1, -0.05) is 31.0 Å². The molecule has 94 valence electrons. The van der Waals surface area contributed by atoms with Gasteiger partial charge in [-0.05, 0) is 30.4 Å². The number of aliphatic hydroxyl groups excluding tert-OH is 2. The summed E-state index contributed by atoms with van der Waals surface area (Å²) in [5.41, 5.74) is 1.25. The molecular formula is C14H20O3. The average molecular weight is 236 g/mol. The first-order valence-electron chi connectivity index (χ1n) is 6.32. The van der Waals surface area contributed by atoms with Crippen molar-refractivity contribution in [1.29, 1.82) is 0 Å². The number of hydrogen-bond acceptors (Lipinski definition) is 3. The summed E-state index contributed by atoms with van der Waals surface area (Å²) in [6, 6.07) is 8.02. The van der Waals surface area contributed by atoms with E-state index in [2.05, 4.69) is 6.07 Å². The predicted molar refractivity (Wildman–Crippen MR) is 66.2 cm³/mol. The highest BCUT2D eigenvalue weighted by Crippen LogP contribution is 2.38. The maximum atomic E-state index is 9.30. The minimum atomic E-state index is -0.799. The highest BCUT2D eigenvalue weighted by atomic mass is 16.5. The van der Waals surface area contributed by atoms with Crippen LogP contribution in [0.15, 0.2) is 24.3 Å². The Morgan fingerprint density at radius 2 is 1.94 bits per heavy atom. The monoisotopic (exact) mass is 236 g/mol. The number of aliphatic hydroxyl groups is 2. The Morgan fingerprint density at radius 3 is 2.65 bits per heavy atom. The van der Waals surface area contributed by atoms with E-state index in [0.29, 0.717) is 5.92 Å². The summed E-state index contributed by atoms with van der Waals surface area (Å²) < 4.78 is 5.59. The van der Waals surface area contributed by atoms with Crippen molar-refractivity contribution in [2.24, 2.45) is 0 Å². The molecule has 1 aromatic carbocycles. The fraction of sp³-hybridized carbons (Fsp3) is 0.571. The van der Waals surface area contributed by atoms with Crippen LogP contribution >= 0.6 is 0 Å². The Labute approximate surface area is 102 Å². The quantitative estimate of drug-likeness (QED) is 0.823. The van der Waals surface area contributed by atoms with Crippen LogP contribution in [0.2, 0.25) is 0 Å². The van der Waals surface area contributed by atoms with E-state index in [9.17, 15) is 5.11 Å². The molecule has 1 saturated carbocycles. The number of hydrogen-bond donors (Lipinski definition) is 2. The summed E-state index contributed by atoms with van der Waals surface area (Å²) in [7, 11) is 0. The second-order valence-corrected chi connectivity index (χ2v) is 4.67. The van der Waals surface area contributed by atoms with E-state index in [4.69, 9.17) is 9.84 Å². The van der Waals surface area contributed by atoms with Gasteiger partial charge in [0.1, 0.15) is 18.5 Å². The molecule has 0 radical (unpaired) electrons. The fourth-order valence-electron chi connectivity index (χ4n) is 2.42. The van der Waals surface area contributed by atoms with Crippen LogP contribution in [0.4, 0.5) is 0 Å². The van der Waals surface area contributed by atoms with Crippen LogP contribution in [0, 0.1) is 0 Å². The zero-order valence-electron chi connectivity index (χ0n) is 10.0. The minimum Gasteiger partial charge on any atom is -0.491 e. The highest BCUT2D eigenvalue weighted by Gasteiger charge is 2.20. The van der Waals surface area contributed by atoms with Crippen molar-refractivity contribution >= 4 is 0 Å². The van der Waals surface area contributed by atoms with Crippen LogP contribution in [-0.2, 0) is 0 Å². The van der Waals surface area contributed by atoms with Crippen LogP contribution in [0.1, 0.15) is 37.2 Å². The molecule has 1 aliphatic carbocycles. The molecule has 0 unspecified atom stereocenters. The molecule has 1 atom stereocenters. The molecule has 2 rings (SSSR count). The third-order valence-electron chi connectivity index (χ3n) is 3.36. The number of rotatable bonds is 5. The normalized spacial score (nSPS) is 18.2. The first kappa shape index (κ1) is 12.4. The molecule has 2 N–H and O–H groups in total. The lowest BCUT2D eigenvalue weighted by atomic mass is 9.97. The number of para-hydroxylation sites is 1. The van der Waals surface area contributed by atoms with E-state index >= 15 is 0 Å². The summed E-state index contributed by atoms with van der Waals surface area (Å²) in [6.45, 7) is -0.105. The Balaban J connectivity index is 2.04. The molecule has 0 aromatic heterocycles. The summed E-state index contributed by atoms with van der Waals surface area (Å²) in [6.07, 6.45) is 4.23. The standard InChI is InChI=1S/C14H20O3/c15-9-12(16)10-17-14-8-4-3-7-13(14)11-5-1-2-6-11/h3-4,7-8,11-12,15-16H,1-2,5-6,9-10H2/t12-/m0/s1. The van der Waals surface area contributed by atoms with Gasteiger partial charge in [-0.3, -0.25) is 0 Å². The van der Waals surface area contributed by atoms with Crippen LogP contribution in [0.5, 0.6) is 5.75 Å². The van der Waals surface area contributed by atoms with Gasteiger partial charge in [0.15, 0.2) is 0 Å². The summed E-state index contributed by atoms with van der Waals surface area (Å²) >= 11 is 0. The zero-order chi connectivity index (χ0) is 12.1. The molecule has 0 bridgehead atoms. The molecular weight excluding hydrogens is 216 g/mol. The van der Waals surface area contributed by atoms with E-state index in [1.807, 2.05) is 18.2 Å². The van der Waals surface area contributed by atoms with Crippen molar-refractivity contribution in [3.63, 3.8) is 0 Å². The van der Waals surface area contributed by atoms with Gasteiger partial charge in [-0.15, -0.1) is 0 Å². The number of benzene rings is 1. The average Bonchev–Trinajstić information content (AvgIpc) is 2.90. The third-order valence-corrected chi connectivity index (χ3v) is 3.36. The van der Waals surface area contributed by atoms with Gasteiger partial charge >= 0.3 is 0 Å². The minimum absolute atomic E-state index is 0.153. The molecule has 3 nitrogen and oxygen atoms in total. The van der Waals surface area contributed by atoms with Gasteiger partial charge in [-0.2, -0.15) is 0 Å². The van der Waals surface area contributed by atoms with E-state index in [0.717, 1.165) is 5.75 Å². The van der Waals surface area contributed by atoms with Gasteiger partial charge < -0.3 is 14.9 Å². The molecule has 17 heavy (non-hydrogen) atoms. The predicted octanol–water partition coefficient (Wildman–Crippen LogP) is 2.08. The van der Waals surface area contributed by atoms with Crippen LogP contribution in [0.25, 0.3) is 0 Å². The van der Waals surface area contributed by atoms with Gasteiger partial charge in [0.05, 0.1) is 6.61 Å². The smallest absolute Gasteiger partial charge is 0.122 e. The van der Waals surface area contributed by atoms with Crippen molar-refractivity contribution in [3.05, 3.63) is 29.8 Å². The molecule has 0 aliphatic heterocycles. The topological polar surface area (TPSA) is 49.7 Å². The zero-order valence-corrected chi connectivity index (χ0v) is 10.0. The van der Waals surface area contributed by atoms with E-state index in [-0.39, 0.29) is 13.2 Å². The maximum Gasteiger partial charge on any atom is 0.122 e. The molecule has 0 saturated heterocycles. The van der Waals surface area contributed by atoms with Crippen molar-refractivity contribution < 1.29 is 14.9 Å². The highest BCUT2D eigenvalue weighted by molar-refractivity contribution is 5.36. The first-order chi connectivity index (χ1) is 8.31.